The Hall–Kier alpha value is -2.90. The lowest BCUT2D eigenvalue weighted by Gasteiger charge is -2.29. The van der Waals surface area contributed by atoms with Crippen LogP contribution in [0.2, 0.25) is 0 Å². The molecule has 2 aromatic carbocycles. The maximum Gasteiger partial charge on any atom is 0.337 e. The van der Waals surface area contributed by atoms with Crippen LogP contribution in [0.4, 0.5) is 10.8 Å². The Kier molecular flexibility index (Phi) is 5.62. The number of carbonyl (C=O) groups is 1. The van der Waals surface area contributed by atoms with Crippen molar-refractivity contribution in [3.63, 3.8) is 0 Å². The van der Waals surface area contributed by atoms with Crippen LogP contribution in [0.25, 0.3) is 20.7 Å². The first-order valence-corrected chi connectivity index (χ1v) is 12.8. The second-order valence-electron chi connectivity index (χ2n) is 9.47. The Morgan fingerprint density at radius 3 is 2.73 bits per heavy atom. The number of carboxylic acids is 1. The smallest absolute Gasteiger partial charge is 0.337 e. The number of benzene rings is 2. The number of hydrogen-bond donors (Lipinski definition) is 3. The largest absolute Gasteiger partial charge is 0.478 e. The summed E-state index contributed by atoms with van der Waals surface area (Å²) >= 11 is 3.27. The summed E-state index contributed by atoms with van der Waals surface area (Å²) in [6, 6.07) is 14.1. The molecule has 7 heteroatoms. The molecule has 0 saturated heterocycles. The van der Waals surface area contributed by atoms with Crippen LogP contribution in [0.1, 0.15) is 46.6 Å². The molecule has 0 radical (unpaired) electrons. The number of anilines is 2. The highest BCUT2D eigenvalue weighted by molar-refractivity contribution is 7.22. The van der Waals surface area contributed by atoms with Crippen molar-refractivity contribution in [2.75, 3.05) is 17.6 Å². The first-order chi connectivity index (χ1) is 15.8. The molecule has 0 amide bonds. The van der Waals surface area contributed by atoms with Crippen molar-refractivity contribution >= 4 is 49.7 Å². The van der Waals surface area contributed by atoms with Gasteiger partial charge in [0.05, 0.1) is 15.8 Å². The number of aromatic carboxylic acids is 1. The van der Waals surface area contributed by atoms with E-state index in [-0.39, 0.29) is 5.41 Å². The summed E-state index contributed by atoms with van der Waals surface area (Å²) in [7, 11) is 0. The average Bonchev–Trinajstić information content (AvgIpc) is 3.33. The Morgan fingerprint density at radius 1 is 1.18 bits per heavy atom. The number of rotatable bonds is 6. The second kappa shape index (κ2) is 8.47. The number of nitrogens with zero attached hydrogens (tertiary/aromatic N) is 1. The van der Waals surface area contributed by atoms with E-state index in [0.717, 1.165) is 69.3 Å². The zero-order chi connectivity index (χ0) is 23.2. The predicted octanol–water partition coefficient (Wildman–Crippen LogP) is 6.47. The summed E-state index contributed by atoms with van der Waals surface area (Å²) in [6.07, 6.45) is 3.77. The van der Waals surface area contributed by atoms with Crippen LogP contribution in [0.5, 0.6) is 0 Å². The third kappa shape index (κ3) is 4.48. The summed E-state index contributed by atoms with van der Waals surface area (Å²) in [5.74, 6) is -0.814. The van der Waals surface area contributed by atoms with Crippen molar-refractivity contribution in [2.45, 2.75) is 39.5 Å². The topological polar surface area (TPSA) is 88.2 Å². The van der Waals surface area contributed by atoms with E-state index in [1.165, 1.54) is 10.4 Å². The molecule has 0 aliphatic heterocycles. The first-order valence-electron chi connectivity index (χ1n) is 11.2. The Balaban J connectivity index is 1.29. The maximum atomic E-state index is 12.2. The fourth-order valence-corrected chi connectivity index (χ4v) is 6.76. The van der Waals surface area contributed by atoms with E-state index in [0.29, 0.717) is 5.56 Å². The number of carboxylic acid groups (broad SMARTS) is 1. The summed E-state index contributed by atoms with van der Waals surface area (Å²) in [4.78, 5) is 18.9. The summed E-state index contributed by atoms with van der Waals surface area (Å²) in [5, 5.41) is 14.3. The summed E-state index contributed by atoms with van der Waals surface area (Å²) in [6.45, 7) is 5.23. The fourth-order valence-electron chi connectivity index (χ4n) is 4.50. The number of aryl methyl sites for hydroxylation is 1. The molecular formula is C26H27N3O2S2. The SMILES string of the molecule is CC1(C)CCc2sc(-c3ccc(CCNc4nc5ccc(N)cc5s4)cc3)c(C(=O)O)c2C1. The molecule has 33 heavy (non-hydrogen) atoms. The normalized spacial score (nSPS) is 14.8. The highest BCUT2D eigenvalue weighted by Gasteiger charge is 2.32. The molecule has 4 aromatic rings. The molecule has 0 spiro atoms. The summed E-state index contributed by atoms with van der Waals surface area (Å²) in [5.41, 5.74) is 11.5. The van der Waals surface area contributed by atoms with Gasteiger partial charge in [-0.3, -0.25) is 0 Å². The van der Waals surface area contributed by atoms with Crippen molar-refractivity contribution in [1.82, 2.24) is 4.98 Å². The number of hydrogen-bond acceptors (Lipinski definition) is 6. The van der Waals surface area contributed by atoms with Crippen LogP contribution >= 0.6 is 22.7 Å². The van der Waals surface area contributed by atoms with Gasteiger partial charge in [-0.1, -0.05) is 49.4 Å². The molecule has 0 unspecified atom stereocenters. The van der Waals surface area contributed by atoms with Crippen LogP contribution in [-0.4, -0.2) is 22.6 Å². The van der Waals surface area contributed by atoms with Crippen molar-refractivity contribution in [3.05, 3.63) is 64.0 Å². The zero-order valence-corrected chi connectivity index (χ0v) is 20.4. The van der Waals surface area contributed by atoms with Gasteiger partial charge in [0.15, 0.2) is 5.13 Å². The number of nitrogens with two attached hydrogens (primary N) is 1. The average molecular weight is 478 g/mol. The minimum Gasteiger partial charge on any atom is -0.478 e. The van der Waals surface area contributed by atoms with Crippen LogP contribution in [0.3, 0.4) is 0 Å². The van der Waals surface area contributed by atoms with E-state index in [1.54, 1.807) is 22.7 Å². The molecule has 4 N–H and O–H groups in total. The molecule has 2 heterocycles. The van der Waals surface area contributed by atoms with Gasteiger partial charge in [-0.05, 0) is 66.0 Å². The fraction of sp³-hybridized carbons (Fsp3) is 0.308. The molecule has 1 aliphatic rings. The Labute approximate surface area is 201 Å². The molecule has 170 valence electrons. The lowest BCUT2D eigenvalue weighted by Crippen LogP contribution is -2.22. The Bertz CT molecular complexity index is 1340. The van der Waals surface area contributed by atoms with Crippen LogP contribution in [-0.2, 0) is 19.3 Å². The van der Waals surface area contributed by atoms with E-state index in [1.807, 2.05) is 18.2 Å². The lowest BCUT2D eigenvalue weighted by molar-refractivity contribution is 0.0696. The molecule has 0 atom stereocenters. The number of nitrogens with one attached hydrogen (secondary N) is 1. The molecule has 5 rings (SSSR count). The van der Waals surface area contributed by atoms with Crippen LogP contribution < -0.4 is 11.1 Å². The van der Waals surface area contributed by atoms with Crippen molar-refractivity contribution < 1.29 is 9.90 Å². The van der Waals surface area contributed by atoms with Crippen molar-refractivity contribution in [2.24, 2.45) is 5.41 Å². The third-order valence-electron chi connectivity index (χ3n) is 6.31. The van der Waals surface area contributed by atoms with E-state index in [2.05, 4.69) is 48.4 Å². The van der Waals surface area contributed by atoms with E-state index >= 15 is 0 Å². The number of aromatic nitrogens is 1. The van der Waals surface area contributed by atoms with Gasteiger partial charge in [0.2, 0.25) is 0 Å². The zero-order valence-electron chi connectivity index (χ0n) is 18.8. The van der Waals surface area contributed by atoms with E-state index in [4.69, 9.17) is 5.73 Å². The number of nitrogen functional groups attached to an aromatic ring is 1. The second-order valence-corrected chi connectivity index (χ2v) is 11.6. The van der Waals surface area contributed by atoms with Gasteiger partial charge < -0.3 is 16.2 Å². The first kappa shape index (κ1) is 21.9. The molecule has 0 fully saturated rings. The minimum atomic E-state index is -0.814. The molecule has 2 aromatic heterocycles. The third-order valence-corrected chi connectivity index (χ3v) is 8.62. The van der Waals surface area contributed by atoms with Crippen molar-refractivity contribution in [1.29, 1.82) is 0 Å². The highest BCUT2D eigenvalue weighted by atomic mass is 32.1. The number of fused-ring (bicyclic) bond motifs is 2. The van der Waals surface area contributed by atoms with E-state index in [9.17, 15) is 9.90 Å². The molecule has 1 aliphatic carbocycles. The van der Waals surface area contributed by atoms with Gasteiger partial charge in [0, 0.05) is 22.0 Å². The van der Waals surface area contributed by atoms with Gasteiger partial charge in [0.25, 0.3) is 0 Å². The van der Waals surface area contributed by atoms with Gasteiger partial charge in [-0.25, -0.2) is 9.78 Å². The standard InChI is InChI=1S/C26H27N3O2S2/c1-26(2)11-9-20-18(14-26)22(24(30)31)23(32-20)16-5-3-15(4-6-16)10-12-28-25-29-19-8-7-17(27)13-21(19)33-25/h3-8,13H,9-12,14,27H2,1-2H3,(H,28,29)(H,30,31). The van der Waals surface area contributed by atoms with Gasteiger partial charge in [-0.15, -0.1) is 11.3 Å². The van der Waals surface area contributed by atoms with Crippen LogP contribution in [0.15, 0.2) is 42.5 Å². The van der Waals surface area contributed by atoms with Gasteiger partial charge >= 0.3 is 5.97 Å². The molecule has 0 saturated carbocycles. The lowest BCUT2D eigenvalue weighted by atomic mass is 9.76. The van der Waals surface area contributed by atoms with Crippen LogP contribution in [0, 0.1) is 5.41 Å². The molecule has 0 bridgehead atoms. The molecular weight excluding hydrogens is 450 g/mol. The minimum absolute atomic E-state index is 0.155. The van der Waals surface area contributed by atoms with E-state index < -0.39 is 5.97 Å². The molecule has 5 nitrogen and oxygen atoms in total. The predicted molar refractivity (Wildman–Crippen MR) is 139 cm³/mol. The number of thiazole rings is 1. The Morgan fingerprint density at radius 2 is 1.97 bits per heavy atom. The quantitative estimate of drug-likeness (QED) is 0.277. The maximum absolute atomic E-state index is 12.2. The van der Waals surface area contributed by atoms with Gasteiger partial charge in [-0.2, -0.15) is 0 Å². The van der Waals surface area contributed by atoms with Gasteiger partial charge in [0.1, 0.15) is 0 Å². The van der Waals surface area contributed by atoms with Crippen molar-refractivity contribution in [3.8, 4) is 10.4 Å². The number of thiophene rings is 1. The monoisotopic (exact) mass is 477 g/mol. The summed E-state index contributed by atoms with van der Waals surface area (Å²) < 4.78 is 1.08. The highest BCUT2D eigenvalue weighted by Crippen LogP contribution is 2.45.